The Morgan fingerprint density at radius 2 is 2.00 bits per heavy atom. The molecule has 1 aromatic carbocycles. The van der Waals surface area contributed by atoms with E-state index in [2.05, 4.69) is 4.72 Å². The Labute approximate surface area is 129 Å². The van der Waals surface area contributed by atoms with E-state index >= 15 is 0 Å². The van der Waals surface area contributed by atoms with Crippen LogP contribution >= 0.6 is 23.2 Å². The summed E-state index contributed by atoms with van der Waals surface area (Å²) < 4.78 is 26.7. The number of hydrogen-bond donors (Lipinski definition) is 3. The second-order valence-corrected chi connectivity index (χ2v) is 7.37. The summed E-state index contributed by atoms with van der Waals surface area (Å²) in [5, 5.41) is 10.0. The average Bonchev–Trinajstić information content (AvgIpc) is 2.34. The summed E-state index contributed by atoms with van der Waals surface area (Å²) in [6.45, 7) is 3.36. The Balaban J connectivity index is 2.99. The smallest absolute Gasteiger partial charge is 0.242 e. The Hall–Kier alpha value is -0.530. The number of nitrogen functional groups attached to an aromatic ring is 1. The normalized spacial score (nSPS) is 15.1. The van der Waals surface area contributed by atoms with Crippen molar-refractivity contribution >= 4 is 38.9 Å². The number of hydrogen-bond acceptors (Lipinski definition) is 4. The fourth-order valence-electron chi connectivity index (χ4n) is 1.71. The van der Waals surface area contributed by atoms with Gasteiger partial charge in [0.2, 0.25) is 10.0 Å². The molecule has 0 saturated heterocycles. The fraction of sp³-hybridized carbons (Fsp3) is 0.500. The molecule has 0 spiro atoms. The van der Waals surface area contributed by atoms with Gasteiger partial charge in [0.1, 0.15) is 4.90 Å². The number of nitrogens with two attached hydrogens (primary N) is 1. The van der Waals surface area contributed by atoms with Crippen LogP contribution in [0.25, 0.3) is 0 Å². The Bertz CT molecular complexity index is 589. The summed E-state index contributed by atoms with van der Waals surface area (Å²) in [5.41, 5.74) is 4.50. The van der Waals surface area contributed by atoms with E-state index in [1.807, 2.05) is 6.92 Å². The van der Waals surface area contributed by atoms with Gasteiger partial charge < -0.3 is 10.8 Å². The molecule has 0 radical (unpaired) electrons. The lowest BCUT2D eigenvalue weighted by atomic mass is 10.0. The minimum Gasteiger partial charge on any atom is -0.396 e. The number of halogens is 2. The minimum atomic E-state index is -3.86. The van der Waals surface area contributed by atoms with Gasteiger partial charge in [0, 0.05) is 6.54 Å². The molecule has 1 aromatic rings. The molecule has 20 heavy (non-hydrogen) atoms. The SMILES string of the molecule is CCCC(C)(O)CNS(=O)(=O)c1ccc(Cl)c(N)c1Cl. The van der Waals surface area contributed by atoms with Crippen molar-refractivity contribution in [2.24, 2.45) is 0 Å². The molecule has 4 N–H and O–H groups in total. The van der Waals surface area contributed by atoms with Crippen LogP contribution in [0.2, 0.25) is 10.0 Å². The summed E-state index contributed by atoms with van der Waals surface area (Å²) in [6.07, 6.45) is 1.22. The van der Waals surface area contributed by atoms with Crippen molar-refractivity contribution in [3.8, 4) is 0 Å². The van der Waals surface area contributed by atoms with Crippen LogP contribution < -0.4 is 10.5 Å². The third kappa shape index (κ3) is 4.23. The third-order valence-corrected chi connectivity index (χ3v) is 5.10. The lowest BCUT2D eigenvalue weighted by molar-refractivity contribution is 0.0554. The summed E-state index contributed by atoms with van der Waals surface area (Å²) in [6, 6.07) is 2.64. The molecule has 8 heteroatoms. The highest BCUT2D eigenvalue weighted by Crippen LogP contribution is 2.33. The Morgan fingerprint density at radius 1 is 1.40 bits per heavy atom. The highest BCUT2D eigenvalue weighted by Gasteiger charge is 2.25. The molecule has 1 rings (SSSR count). The molecule has 0 aliphatic carbocycles. The number of anilines is 1. The molecule has 0 heterocycles. The second kappa shape index (κ2) is 6.49. The molecule has 0 aliphatic heterocycles. The van der Waals surface area contributed by atoms with E-state index in [0.717, 1.165) is 6.42 Å². The molecule has 0 fully saturated rings. The monoisotopic (exact) mass is 340 g/mol. The van der Waals surface area contributed by atoms with Crippen molar-refractivity contribution in [2.45, 2.75) is 37.2 Å². The summed E-state index contributed by atoms with van der Waals surface area (Å²) in [4.78, 5) is -0.159. The van der Waals surface area contributed by atoms with E-state index in [9.17, 15) is 13.5 Å². The van der Waals surface area contributed by atoms with Gasteiger partial charge in [-0.2, -0.15) is 0 Å². The number of benzene rings is 1. The topological polar surface area (TPSA) is 92.4 Å². The molecule has 1 unspecified atom stereocenters. The van der Waals surface area contributed by atoms with Crippen LogP contribution in [0, 0.1) is 0 Å². The summed E-state index contributed by atoms with van der Waals surface area (Å²) in [7, 11) is -3.86. The van der Waals surface area contributed by atoms with Crippen LogP contribution in [-0.4, -0.2) is 25.7 Å². The zero-order valence-electron chi connectivity index (χ0n) is 11.3. The molecule has 114 valence electrons. The van der Waals surface area contributed by atoms with Crippen molar-refractivity contribution in [3.63, 3.8) is 0 Å². The molecule has 0 saturated carbocycles. The predicted molar refractivity (Wildman–Crippen MR) is 81.6 cm³/mol. The number of sulfonamides is 1. The fourth-order valence-corrected chi connectivity index (χ4v) is 3.64. The van der Waals surface area contributed by atoms with Gasteiger partial charge in [-0.05, 0) is 25.5 Å². The van der Waals surface area contributed by atoms with Crippen molar-refractivity contribution in [1.29, 1.82) is 0 Å². The van der Waals surface area contributed by atoms with Crippen molar-refractivity contribution in [3.05, 3.63) is 22.2 Å². The lowest BCUT2D eigenvalue weighted by Gasteiger charge is -2.23. The molecular weight excluding hydrogens is 323 g/mol. The van der Waals surface area contributed by atoms with Gasteiger partial charge in [-0.3, -0.25) is 0 Å². The first-order chi connectivity index (χ1) is 9.10. The molecular formula is C12H18Cl2N2O3S. The van der Waals surface area contributed by atoms with Gasteiger partial charge in [0.25, 0.3) is 0 Å². The van der Waals surface area contributed by atoms with Crippen LogP contribution in [0.3, 0.4) is 0 Å². The molecule has 0 amide bonds. The number of aliphatic hydroxyl groups is 1. The van der Waals surface area contributed by atoms with Crippen LogP contribution in [0.5, 0.6) is 0 Å². The molecule has 5 nitrogen and oxygen atoms in total. The third-order valence-electron chi connectivity index (χ3n) is 2.81. The maximum atomic E-state index is 12.2. The average molecular weight is 341 g/mol. The van der Waals surface area contributed by atoms with Crippen molar-refractivity contribution < 1.29 is 13.5 Å². The maximum absolute atomic E-state index is 12.2. The van der Waals surface area contributed by atoms with E-state index in [-0.39, 0.29) is 27.2 Å². The van der Waals surface area contributed by atoms with Gasteiger partial charge in [-0.15, -0.1) is 0 Å². The van der Waals surface area contributed by atoms with Crippen LogP contribution in [-0.2, 0) is 10.0 Å². The standard InChI is InChI=1S/C12H18Cl2N2O3S/c1-3-6-12(2,17)7-16-20(18,19)9-5-4-8(13)11(15)10(9)14/h4-5,16-17H,3,6-7,15H2,1-2H3. The Kier molecular flexibility index (Phi) is 5.69. The van der Waals surface area contributed by atoms with E-state index in [1.165, 1.54) is 12.1 Å². The lowest BCUT2D eigenvalue weighted by Crippen LogP contribution is -2.40. The van der Waals surface area contributed by atoms with Gasteiger partial charge in [0.15, 0.2) is 0 Å². The molecule has 0 aromatic heterocycles. The minimum absolute atomic E-state index is 0.0107. The first kappa shape index (κ1) is 17.5. The van der Waals surface area contributed by atoms with Crippen molar-refractivity contribution in [2.75, 3.05) is 12.3 Å². The highest BCUT2D eigenvalue weighted by molar-refractivity contribution is 7.89. The van der Waals surface area contributed by atoms with E-state index < -0.39 is 15.6 Å². The van der Waals surface area contributed by atoms with E-state index in [0.29, 0.717) is 6.42 Å². The molecule has 0 bridgehead atoms. The largest absolute Gasteiger partial charge is 0.396 e. The predicted octanol–water partition coefficient (Wildman–Crippen LogP) is 2.41. The highest BCUT2D eigenvalue weighted by atomic mass is 35.5. The van der Waals surface area contributed by atoms with Gasteiger partial charge in [0.05, 0.1) is 21.3 Å². The number of nitrogens with one attached hydrogen (secondary N) is 1. The quantitative estimate of drug-likeness (QED) is 0.693. The zero-order chi connectivity index (χ0) is 15.6. The van der Waals surface area contributed by atoms with Crippen LogP contribution in [0.15, 0.2) is 17.0 Å². The van der Waals surface area contributed by atoms with Crippen LogP contribution in [0.1, 0.15) is 26.7 Å². The second-order valence-electron chi connectivity index (χ2n) is 4.84. The van der Waals surface area contributed by atoms with E-state index in [4.69, 9.17) is 28.9 Å². The molecule has 1 atom stereocenters. The zero-order valence-corrected chi connectivity index (χ0v) is 13.6. The summed E-state index contributed by atoms with van der Waals surface area (Å²) >= 11 is 11.7. The van der Waals surface area contributed by atoms with Gasteiger partial charge in [-0.1, -0.05) is 36.5 Å². The van der Waals surface area contributed by atoms with Gasteiger partial charge >= 0.3 is 0 Å². The first-order valence-electron chi connectivity index (χ1n) is 6.06. The van der Waals surface area contributed by atoms with Gasteiger partial charge in [-0.25, -0.2) is 13.1 Å². The Morgan fingerprint density at radius 3 is 2.55 bits per heavy atom. The summed E-state index contributed by atoms with van der Waals surface area (Å²) in [5.74, 6) is 0. The first-order valence-corrected chi connectivity index (χ1v) is 8.30. The molecule has 0 aliphatic rings. The van der Waals surface area contributed by atoms with Crippen molar-refractivity contribution in [1.82, 2.24) is 4.72 Å². The number of rotatable bonds is 6. The van der Waals surface area contributed by atoms with E-state index in [1.54, 1.807) is 6.92 Å². The maximum Gasteiger partial charge on any atom is 0.242 e. The van der Waals surface area contributed by atoms with Crippen LogP contribution in [0.4, 0.5) is 5.69 Å².